The molecule has 0 bridgehead atoms. The molecule has 0 aliphatic carbocycles. The lowest BCUT2D eigenvalue weighted by Gasteiger charge is -2.32. The molecule has 2 rings (SSSR count). The topological polar surface area (TPSA) is 29.5 Å². The Bertz CT molecular complexity index is 476. The molecule has 1 unspecified atom stereocenters. The highest BCUT2D eigenvalue weighted by Gasteiger charge is 2.49. The first-order chi connectivity index (χ1) is 7.91. The van der Waals surface area contributed by atoms with Crippen LogP contribution < -0.4 is 4.90 Å². The fraction of sp³-hybridized carbons (Fsp3) is 0.417. The van der Waals surface area contributed by atoms with Crippen molar-refractivity contribution in [2.45, 2.75) is 25.6 Å². The number of alkyl halides is 1. The van der Waals surface area contributed by atoms with Gasteiger partial charge in [0, 0.05) is 9.13 Å². The van der Waals surface area contributed by atoms with E-state index in [-0.39, 0.29) is 0 Å². The van der Waals surface area contributed by atoms with Gasteiger partial charge in [-0.2, -0.15) is 0 Å². The number of anilines is 1. The fourth-order valence-electron chi connectivity index (χ4n) is 2.17. The maximum Gasteiger partial charge on any atom is 0.414 e. The Morgan fingerprint density at radius 3 is 2.76 bits per heavy atom. The van der Waals surface area contributed by atoms with E-state index < -0.39 is 17.8 Å². The normalized spacial score (nSPS) is 21.2. The zero-order valence-electron chi connectivity index (χ0n) is 9.83. The molecule has 0 fully saturated rings. The van der Waals surface area contributed by atoms with E-state index in [4.69, 9.17) is 4.74 Å². The Labute approximate surface area is 113 Å². The summed E-state index contributed by atoms with van der Waals surface area (Å²) < 4.78 is 20.0. The van der Waals surface area contributed by atoms with Crippen LogP contribution in [0.3, 0.4) is 0 Å². The van der Waals surface area contributed by atoms with Gasteiger partial charge in [-0.15, -0.1) is 0 Å². The van der Waals surface area contributed by atoms with Crippen molar-refractivity contribution in [2.75, 3.05) is 12.0 Å². The molecular weight excluding hydrogens is 336 g/mol. The molecule has 1 amide bonds. The third kappa shape index (κ3) is 1.71. The molecular formula is C12H13FINO2. The van der Waals surface area contributed by atoms with E-state index in [9.17, 15) is 9.18 Å². The number of nitrogens with zero attached hydrogens (tertiary/aromatic N) is 1. The van der Waals surface area contributed by atoms with Gasteiger partial charge in [-0.1, -0.05) is 12.1 Å². The summed E-state index contributed by atoms with van der Waals surface area (Å²) in [7, 11) is 1.31. The number of carbonyl (C=O) groups is 1. The second-order valence-corrected chi connectivity index (χ2v) is 5.66. The minimum Gasteiger partial charge on any atom is -0.452 e. The number of rotatable bonds is 0. The Hall–Kier alpha value is -0.850. The Morgan fingerprint density at radius 1 is 1.53 bits per heavy atom. The quantitative estimate of drug-likeness (QED) is 0.669. The number of carbonyl (C=O) groups excluding carboxylic acids is 1. The third-order valence-corrected chi connectivity index (χ3v) is 3.94. The summed E-state index contributed by atoms with van der Waals surface area (Å²) >= 11 is 2.10. The highest BCUT2D eigenvalue weighted by Crippen LogP contribution is 2.50. The molecule has 0 spiro atoms. The molecule has 1 atom stereocenters. The molecule has 0 radical (unpaired) electrons. The average molecular weight is 349 g/mol. The van der Waals surface area contributed by atoms with Crippen LogP contribution in [0.4, 0.5) is 14.9 Å². The van der Waals surface area contributed by atoms with Crippen LogP contribution >= 0.6 is 22.6 Å². The molecule has 0 saturated carbocycles. The minimum atomic E-state index is -1.20. The van der Waals surface area contributed by atoms with Crippen LogP contribution in [0.2, 0.25) is 0 Å². The second-order valence-electron chi connectivity index (χ2n) is 4.50. The lowest BCUT2D eigenvalue weighted by molar-refractivity contribution is 0.160. The van der Waals surface area contributed by atoms with Crippen LogP contribution in [0, 0.1) is 3.57 Å². The van der Waals surface area contributed by atoms with Gasteiger partial charge in [0.2, 0.25) is 0 Å². The van der Waals surface area contributed by atoms with Crippen LogP contribution in [-0.2, 0) is 4.74 Å². The van der Waals surface area contributed by atoms with Gasteiger partial charge in [-0.3, -0.25) is 4.90 Å². The van der Waals surface area contributed by atoms with Gasteiger partial charge in [0.05, 0.1) is 18.3 Å². The summed E-state index contributed by atoms with van der Waals surface area (Å²) in [6.07, 6.45) is -1.73. The molecule has 92 valence electrons. The van der Waals surface area contributed by atoms with E-state index in [1.54, 1.807) is 26.0 Å². The predicted octanol–water partition coefficient (Wildman–Crippen LogP) is 3.67. The molecule has 0 N–H and O–H groups in total. The van der Waals surface area contributed by atoms with Crippen molar-refractivity contribution < 1.29 is 13.9 Å². The van der Waals surface area contributed by atoms with E-state index in [0.717, 1.165) is 3.57 Å². The standard InChI is InChI=1S/C12H13FINO2/c1-12(2)10(13)7-5-4-6-8(14)9(7)15(12)11(16)17-3/h4-6,10H,1-3H3. The van der Waals surface area contributed by atoms with Crippen LogP contribution in [0.5, 0.6) is 0 Å². The number of fused-ring (bicyclic) bond motifs is 1. The number of hydrogen-bond donors (Lipinski definition) is 0. The maximum absolute atomic E-state index is 14.4. The summed E-state index contributed by atoms with van der Waals surface area (Å²) in [5, 5.41) is 0. The first-order valence-corrected chi connectivity index (χ1v) is 6.29. The molecule has 1 aliphatic rings. The molecule has 1 aromatic carbocycles. The molecule has 1 heterocycles. The highest BCUT2D eigenvalue weighted by atomic mass is 127. The summed E-state index contributed by atoms with van der Waals surface area (Å²) in [5.74, 6) is 0. The fourth-order valence-corrected chi connectivity index (χ4v) is 2.93. The van der Waals surface area contributed by atoms with E-state index in [1.807, 2.05) is 6.07 Å². The molecule has 0 aromatic heterocycles. The van der Waals surface area contributed by atoms with Gasteiger partial charge in [0.15, 0.2) is 6.17 Å². The van der Waals surface area contributed by atoms with Gasteiger partial charge >= 0.3 is 6.09 Å². The Balaban J connectivity index is 2.64. The van der Waals surface area contributed by atoms with Gasteiger partial charge in [0.1, 0.15) is 0 Å². The summed E-state index contributed by atoms with van der Waals surface area (Å²) in [5.41, 5.74) is 0.251. The van der Waals surface area contributed by atoms with Crippen molar-refractivity contribution in [3.8, 4) is 0 Å². The average Bonchev–Trinajstić information content (AvgIpc) is 2.49. The minimum absolute atomic E-state index is 0.527. The van der Waals surface area contributed by atoms with Crippen molar-refractivity contribution in [1.82, 2.24) is 0 Å². The smallest absolute Gasteiger partial charge is 0.414 e. The zero-order chi connectivity index (χ0) is 12.8. The second kappa shape index (κ2) is 4.12. The predicted molar refractivity (Wildman–Crippen MR) is 72.0 cm³/mol. The van der Waals surface area contributed by atoms with Crippen LogP contribution in [0.1, 0.15) is 25.6 Å². The van der Waals surface area contributed by atoms with Gasteiger partial charge < -0.3 is 4.74 Å². The number of para-hydroxylation sites is 1. The van der Waals surface area contributed by atoms with Crippen LogP contribution in [0.15, 0.2) is 18.2 Å². The van der Waals surface area contributed by atoms with E-state index >= 15 is 0 Å². The zero-order valence-corrected chi connectivity index (χ0v) is 12.0. The number of benzene rings is 1. The van der Waals surface area contributed by atoms with Crippen LogP contribution in [0.25, 0.3) is 0 Å². The molecule has 17 heavy (non-hydrogen) atoms. The SMILES string of the molecule is COC(=O)N1c2c(I)cccc2C(F)C1(C)C. The first kappa shape index (κ1) is 12.6. The monoisotopic (exact) mass is 349 g/mol. The summed E-state index contributed by atoms with van der Waals surface area (Å²) in [6.45, 7) is 3.40. The summed E-state index contributed by atoms with van der Waals surface area (Å²) in [6, 6.07) is 5.36. The number of ether oxygens (including phenoxy) is 1. The first-order valence-electron chi connectivity index (χ1n) is 5.22. The lowest BCUT2D eigenvalue weighted by Crippen LogP contribution is -2.46. The van der Waals surface area contributed by atoms with E-state index in [2.05, 4.69) is 22.6 Å². The molecule has 1 aromatic rings. The van der Waals surface area contributed by atoms with Gasteiger partial charge in [-0.05, 0) is 42.5 Å². The van der Waals surface area contributed by atoms with Crippen molar-refractivity contribution >= 4 is 34.4 Å². The number of halogens is 2. The largest absolute Gasteiger partial charge is 0.452 e. The molecule has 0 saturated heterocycles. The number of amides is 1. The molecule has 1 aliphatic heterocycles. The number of hydrogen-bond acceptors (Lipinski definition) is 2. The highest BCUT2D eigenvalue weighted by molar-refractivity contribution is 14.1. The molecule has 3 nitrogen and oxygen atoms in total. The summed E-state index contributed by atoms with van der Waals surface area (Å²) in [4.78, 5) is 13.2. The Morgan fingerprint density at radius 2 is 2.18 bits per heavy atom. The van der Waals surface area contributed by atoms with Crippen LogP contribution in [-0.4, -0.2) is 18.7 Å². The molecule has 5 heteroatoms. The lowest BCUT2D eigenvalue weighted by atomic mass is 9.97. The van der Waals surface area contributed by atoms with Crippen molar-refractivity contribution in [1.29, 1.82) is 0 Å². The van der Waals surface area contributed by atoms with E-state index in [1.165, 1.54) is 12.0 Å². The third-order valence-electron chi connectivity index (χ3n) is 3.07. The van der Waals surface area contributed by atoms with Crippen molar-refractivity contribution in [3.05, 3.63) is 27.3 Å². The van der Waals surface area contributed by atoms with Crippen molar-refractivity contribution in [3.63, 3.8) is 0 Å². The van der Waals surface area contributed by atoms with Gasteiger partial charge in [-0.25, -0.2) is 9.18 Å². The van der Waals surface area contributed by atoms with Gasteiger partial charge in [0.25, 0.3) is 0 Å². The van der Waals surface area contributed by atoms with E-state index in [0.29, 0.717) is 11.3 Å². The number of methoxy groups -OCH3 is 1. The Kier molecular flexibility index (Phi) is 3.05. The maximum atomic E-state index is 14.4. The van der Waals surface area contributed by atoms with Crippen molar-refractivity contribution in [2.24, 2.45) is 0 Å².